The van der Waals surface area contributed by atoms with E-state index in [1.165, 1.54) is 12.3 Å². The molecule has 1 aromatic heterocycles. The van der Waals surface area contributed by atoms with E-state index in [2.05, 4.69) is 4.98 Å². The molecular weight excluding hydrogens is 254 g/mol. The summed E-state index contributed by atoms with van der Waals surface area (Å²) in [7, 11) is 0. The maximum atomic E-state index is 11.1. The zero-order valence-electron chi connectivity index (χ0n) is 10.5. The van der Waals surface area contributed by atoms with Crippen molar-refractivity contribution in [3.8, 4) is 11.1 Å². The molecule has 0 aliphatic heterocycles. The largest absolute Gasteiger partial charge is 0.399 e. The molecule has 20 heavy (non-hydrogen) atoms. The lowest BCUT2D eigenvalue weighted by atomic mass is 9.98. The molecule has 0 bridgehead atoms. The number of non-ortho nitro benzene ring substituents is 1. The molecule has 0 aliphatic carbocycles. The Hall–Kier alpha value is -2.95. The highest BCUT2D eigenvalue weighted by Gasteiger charge is 2.14. The molecule has 5 nitrogen and oxygen atoms in total. The van der Waals surface area contributed by atoms with Crippen LogP contribution < -0.4 is 5.73 Å². The second-order valence-electron chi connectivity index (χ2n) is 4.43. The zero-order chi connectivity index (χ0) is 14.1. The Labute approximate surface area is 114 Å². The van der Waals surface area contributed by atoms with Gasteiger partial charge in [0, 0.05) is 24.1 Å². The lowest BCUT2D eigenvalue weighted by Gasteiger charge is -2.07. The minimum absolute atomic E-state index is 0.0623. The van der Waals surface area contributed by atoms with Crippen LogP contribution >= 0.6 is 0 Å². The summed E-state index contributed by atoms with van der Waals surface area (Å²) in [5.41, 5.74) is 8.31. The second kappa shape index (κ2) is 4.62. The smallest absolute Gasteiger partial charge is 0.278 e. The Morgan fingerprint density at radius 1 is 1.00 bits per heavy atom. The fourth-order valence-corrected chi connectivity index (χ4v) is 2.25. The molecular formula is C15H11N3O2. The molecule has 0 spiro atoms. The number of hydrogen-bond acceptors (Lipinski definition) is 4. The molecule has 1 heterocycles. The summed E-state index contributed by atoms with van der Waals surface area (Å²) in [5.74, 6) is 0. The van der Waals surface area contributed by atoms with Crippen LogP contribution in [0.15, 0.2) is 54.9 Å². The molecule has 3 rings (SSSR count). The molecule has 3 aromatic rings. The topological polar surface area (TPSA) is 82.0 Å². The number of nitrogen functional groups attached to an aromatic ring is 1. The quantitative estimate of drug-likeness (QED) is 0.437. The summed E-state index contributed by atoms with van der Waals surface area (Å²) in [6.45, 7) is 0. The highest BCUT2D eigenvalue weighted by Crippen LogP contribution is 2.33. The predicted molar refractivity (Wildman–Crippen MR) is 78.2 cm³/mol. The Balaban J connectivity index is 2.30. The Bertz CT molecular complexity index is 798. The summed E-state index contributed by atoms with van der Waals surface area (Å²) >= 11 is 0. The summed E-state index contributed by atoms with van der Waals surface area (Å²) in [5, 5.41) is 12.4. The normalized spacial score (nSPS) is 10.6. The third kappa shape index (κ3) is 1.95. The van der Waals surface area contributed by atoms with Gasteiger partial charge in [-0.1, -0.05) is 12.1 Å². The van der Waals surface area contributed by atoms with Crippen LogP contribution in [0.3, 0.4) is 0 Å². The van der Waals surface area contributed by atoms with Crippen molar-refractivity contribution in [1.82, 2.24) is 4.98 Å². The van der Waals surface area contributed by atoms with E-state index in [1.54, 1.807) is 18.3 Å². The minimum atomic E-state index is -0.392. The number of aromatic nitrogens is 1. The van der Waals surface area contributed by atoms with E-state index in [0.29, 0.717) is 11.1 Å². The van der Waals surface area contributed by atoms with E-state index in [-0.39, 0.29) is 5.69 Å². The summed E-state index contributed by atoms with van der Waals surface area (Å²) < 4.78 is 0. The van der Waals surface area contributed by atoms with Crippen molar-refractivity contribution in [3.05, 3.63) is 65.0 Å². The molecule has 0 saturated heterocycles. The molecule has 0 fully saturated rings. The SMILES string of the molecule is Nc1ccc(-c2ccc([N+](=O)[O-])c3cnccc23)cc1. The molecule has 0 radical (unpaired) electrons. The lowest BCUT2D eigenvalue weighted by Crippen LogP contribution is -1.92. The monoisotopic (exact) mass is 265 g/mol. The fourth-order valence-electron chi connectivity index (χ4n) is 2.25. The second-order valence-corrected chi connectivity index (χ2v) is 4.43. The van der Waals surface area contributed by atoms with Crippen LogP contribution in [0.5, 0.6) is 0 Å². The molecule has 2 N–H and O–H groups in total. The summed E-state index contributed by atoms with van der Waals surface area (Å²) in [6.07, 6.45) is 3.15. The minimum Gasteiger partial charge on any atom is -0.399 e. The third-order valence-electron chi connectivity index (χ3n) is 3.21. The van der Waals surface area contributed by atoms with Crippen LogP contribution in [0.4, 0.5) is 11.4 Å². The first kappa shape index (κ1) is 12.1. The molecule has 98 valence electrons. The number of rotatable bonds is 2. The molecule has 0 aliphatic rings. The van der Waals surface area contributed by atoms with Gasteiger partial charge in [-0.15, -0.1) is 0 Å². The van der Waals surface area contributed by atoms with Gasteiger partial charge in [0.2, 0.25) is 0 Å². The van der Waals surface area contributed by atoms with Crippen molar-refractivity contribution in [1.29, 1.82) is 0 Å². The number of nitro groups is 1. The van der Waals surface area contributed by atoms with E-state index in [1.807, 2.05) is 24.3 Å². The predicted octanol–water partition coefficient (Wildman–Crippen LogP) is 3.39. The molecule has 0 atom stereocenters. The van der Waals surface area contributed by atoms with Crippen LogP contribution in [0.1, 0.15) is 0 Å². The van der Waals surface area contributed by atoms with Gasteiger partial charge < -0.3 is 5.73 Å². The maximum Gasteiger partial charge on any atom is 0.278 e. The molecule has 0 saturated carbocycles. The number of benzene rings is 2. The van der Waals surface area contributed by atoms with Crippen molar-refractivity contribution >= 4 is 22.1 Å². The fraction of sp³-hybridized carbons (Fsp3) is 0. The molecule has 5 heteroatoms. The zero-order valence-corrected chi connectivity index (χ0v) is 10.5. The lowest BCUT2D eigenvalue weighted by molar-refractivity contribution is -0.383. The van der Waals surface area contributed by atoms with Gasteiger partial charge in [0.25, 0.3) is 5.69 Å². The highest BCUT2D eigenvalue weighted by molar-refractivity contribution is 6.01. The van der Waals surface area contributed by atoms with Crippen molar-refractivity contribution in [2.75, 3.05) is 5.73 Å². The summed E-state index contributed by atoms with van der Waals surface area (Å²) in [6, 6.07) is 12.5. The van der Waals surface area contributed by atoms with Crippen molar-refractivity contribution in [3.63, 3.8) is 0 Å². The van der Waals surface area contributed by atoms with Gasteiger partial charge in [0.15, 0.2) is 0 Å². The van der Waals surface area contributed by atoms with Crippen LogP contribution in [0, 0.1) is 10.1 Å². The van der Waals surface area contributed by atoms with E-state index >= 15 is 0 Å². The van der Waals surface area contributed by atoms with Crippen molar-refractivity contribution < 1.29 is 4.92 Å². The van der Waals surface area contributed by atoms with Gasteiger partial charge in [0.05, 0.1) is 10.3 Å². The Kier molecular flexibility index (Phi) is 2.80. The van der Waals surface area contributed by atoms with E-state index in [0.717, 1.165) is 16.5 Å². The average Bonchev–Trinajstić information content (AvgIpc) is 2.47. The van der Waals surface area contributed by atoms with Crippen molar-refractivity contribution in [2.45, 2.75) is 0 Å². The standard InChI is InChI=1S/C15H11N3O2/c16-11-3-1-10(2-4-11)12-5-6-15(18(19)20)14-9-17-8-7-13(12)14/h1-9H,16H2. The van der Waals surface area contributed by atoms with Crippen molar-refractivity contribution in [2.24, 2.45) is 0 Å². The number of pyridine rings is 1. The van der Waals surface area contributed by atoms with Crippen LogP contribution in [-0.4, -0.2) is 9.91 Å². The van der Waals surface area contributed by atoms with Gasteiger partial charge in [-0.3, -0.25) is 15.1 Å². The van der Waals surface area contributed by atoms with Crippen LogP contribution in [0.25, 0.3) is 21.9 Å². The van der Waals surface area contributed by atoms with Gasteiger partial charge in [-0.2, -0.15) is 0 Å². The van der Waals surface area contributed by atoms with Crippen LogP contribution in [-0.2, 0) is 0 Å². The number of hydrogen-bond donors (Lipinski definition) is 1. The number of anilines is 1. The molecule has 0 amide bonds. The van der Waals surface area contributed by atoms with Crippen LogP contribution in [0.2, 0.25) is 0 Å². The maximum absolute atomic E-state index is 11.1. The molecule has 2 aromatic carbocycles. The Morgan fingerprint density at radius 3 is 2.45 bits per heavy atom. The third-order valence-corrected chi connectivity index (χ3v) is 3.21. The number of nitrogens with zero attached hydrogens (tertiary/aromatic N) is 2. The summed E-state index contributed by atoms with van der Waals surface area (Å²) in [4.78, 5) is 14.7. The first-order valence-electron chi connectivity index (χ1n) is 6.04. The van der Waals surface area contributed by atoms with Gasteiger partial charge in [-0.25, -0.2) is 0 Å². The number of fused-ring (bicyclic) bond motifs is 1. The molecule has 0 unspecified atom stereocenters. The van der Waals surface area contributed by atoms with Gasteiger partial charge in [0.1, 0.15) is 0 Å². The first-order chi connectivity index (χ1) is 9.66. The van der Waals surface area contributed by atoms with E-state index < -0.39 is 4.92 Å². The Morgan fingerprint density at radius 2 is 1.75 bits per heavy atom. The first-order valence-corrected chi connectivity index (χ1v) is 6.04. The average molecular weight is 265 g/mol. The highest BCUT2D eigenvalue weighted by atomic mass is 16.6. The van der Waals surface area contributed by atoms with E-state index in [9.17, 15) is 10.1 Å². The number of nitro benzene ring substituents is 1. The van der Waals surface area contributed by atoms with Gasteiger partial charge >= 0.3 is 0 Å². The number of nitrogens with two attached hydrogens (primary N) is 1. The van der Waals surface area contributed by atoms with E-state index in [4.69, 9.17) is 5.73 Å². The van der Waals surface area contributed by atoms with Gasteiger partial charge in [-0.05, 0) is 40.8 Å².